The third-order valence-corrected chi connectivity index (χ3v) is 2.37. The Balaban J connectivity index is 2.78. The van der Waals surface area contributed by atoms with E-state index < -0.39 is 12.1 Å². The molecule has 1 atom stereocenters. The summed E-state index contributed by atoms with van der Waals surface area (Å²) in [6.07, 6.45) is 0. The number of carbonyl (C=O) groups excluding carboxylic acids is 2. The highest BCUT2D eigenvalue weighted by molar-refractivity contribution is 5.87. The molecule has 98 valence electrons. The summed E-state index contributed by atoms with van der Waals surface area (Å²) in [5.41, 5.74) is 5.80. The molecular weight excluding hydrogens is 230 g/mol. The lowest BCUT2D eigenvalue weighted by atomic mass is 10.1. The summed E-state index contributed by atoms with van der Waals surface area (Å²) < 4.78 is 0. The molecule has 0 aromatic heterocycles. The zero-order valence-corrected chi connectivity index (χ0v) is 10.6. The molecule has 0 saturated carbocycles. The van der Waals surface area contributed by atoms with E-state index in [-0.39, 0.29) is 5.91 Å². The van der Waals surface area contributed by atoms with Crippen molar-refractivity contribution >= 4 is 11.9 Å². The summed E-state index contributed by atoms with van der Waals surface area (Å²) in [6.45, 7) is 4.56. The van der Waals surface area contributed by atoms with Crippen molar-refractivity contribution in [3.8, 4) is 0 Å². The normalized spacial score (nSPS) is 11.9. The Morgan fingerprint density at radius 2 is 1.83 bits per heavy atom. The lowest BCUT2D eigenvalue weighted by Gasteiger charge is -2.18. The number of benzene rings is 1. The first kappa shape index (κ1) is 14.0. The molecule has 0 radical (unpaired) electrons. The van der Waals surface area contributed by atoms with Crippen LogP contribution < -0.4 is 16.4 Å². The van der Waals surface area contributed by atoms with Gasteiger partial charge >= 0.3 is 6.03 Å². The van der Waals surface area contributed by atoms with Gasteiger partial charge in [-0.25, -0.2) is 4.79 Å². The van der Waals surface area contributed by atoms with Crippen molar-refractivity contribution < 1.29 is 9.59 Å². The van der Waals surface area contributed by atoms with E-state index in [1.54, 1.807) is 24.3 Å². The van der Waals surface area contributed by atoms with Crippen LogP contribution in [0.4, 0.5) is 4.79 Å². The molecule has 1 aromatic rings. The van der Waals surface area contributed by atoms with Gasteiger partial charge in [-0.1, -0.05) is 44.2 Å². The van der Waals surface area contributed by atoms with Crippen molar-refractivity contribution in [2.24, 2.45) is 11.7 Å². The lowest BCUT2D eigenvalue weighted by Crippen LogP contribution is -2.43. The second-order valence-corrected chi connectivity index (χ2v) is 4.49. The molecule has 0 fully saturated rings. The number of urea groups is 1. The van der Waals surface area contributed by atoms with E-state index in [9.17, 15) is 9.59 Å². The quantitative estimate of drug-likeness (QED) is 0.731. The Morgan fingerprint density at radius 1 is 1.22 bits per heavy atom. The van der Waals surface area contributed by atoms with E-state index in [1.165, 1.54) is 0 Å². The van der Waals surface area contributed by atoms with Crippen LogP contribution in [0.1, 0.15) is 25.5 Å². The first-order valence-electron chi connectivity index (χ1n) is 5.89. The van der Waals surface area contributed by atoms with Gasteiger partial charge in [-0.05, 0) is 11.5 Å². The van der Waals surface area contributed by atoms with Crippen molar-refractivity contribution in [2.45, 2.75) is 19.9 Å². The predicted octanol–water partition coefficient (Wildman–Crippen LogP) is 1.17. The van der Waals surface area contributed by atoms with Crippen LogP contribution in [-0.2, 0) is 4.79 Å². The molecule has 1 aromatic carbocycles. The number of nitrogens with two attached hydrogens (primary N) is 1. The second kappa shape index (κ2) is 6.64. The van der Waals surface area contributed by atoms with Crippen LogP contribution in [-0.4, -0.2) is 18.5 Å². The molecule has 0 bridgehead atoms. The lowest BCUT2D eigenvalue weighted by molar-refractivity contribution is -0.123. The van der Waals surface area contributed by atoms with Crippen molar-refractivity contribution in [1.29, 1.82) is 0 Å². The molecule has 0 aliphatic rings. The minimum atomic E-state index is -0.748. The molecule has 1 rings (SSSR count). The SMILES string of the molecule is CC(C)CNC(=O)C(NC(N)=O)c1ccccc1. The van der Waals surface area contributed by atoms with Crippen LogP contribution in [0, 0.1) is 5.92 Å². The highest BCUT2D eigenvalue weighted by Gasteiger charge is 2.21. The Kier molecular flexibility index (Phi) is 5.17. The molecular formula is C13H19N3O2. The number of amides is 3. The number of rotatable bonds is 5. The van der Waals surface area contributed by atoms with E-state index in [0.29, 0.717) is 18.0 Å². The fraction of sp³-hybridized carbons (Fsp3) is 0.385. The van der Waals surface area contributed by atoms with Gasteiger partial charge < -0.3 is 16.4 Å². The average molecular weight is 249 g/mol. The summed E-state index contributed by atoms with van der Waals surface area (Å²) in [4.78, 5) is 23.0. The molecule has 0 saturated heterocycles. The fourth-order valence-corrected chi connectivity index (χ4v) is 1.49. The van der Waals surface area contributed by atoms with Gasteiger partial charge in [0, 0.05) is 6.54 Å². The Labute approximate surface area is 107 Å². The average Bonchev–Trinajstić information content (AvgIpc) is 2.34. The Hall–Kier alpha value is -2.04. The minimum Gasteiger partial charge on any atom is -0.354 e. The van der Waals surface area contributed by atoms with Gasteiger partial charge in [-0.15, -0.1) is 0 Å². The van der Waals surface area contributed by atoms with Crippen molar-refractivity contribution in [3.05, 3.63) is 35.9 Å². The number of primary amides is 1. The molecule has 5 nitrogen and oxygen atoms in total. The number of nitrogens with one attached hydrogen (secondary N) is 2. The largest absolute Gasteiger partial charge is 0.354 e. The minimum absolute atomic E-state index is 0.256. The van der Waals surface area contributed by atoms with Crippen LogP contribution in [0.15, 0.2) is 30.3 Å². The molecule has 1 unspecified atom stereocenters. The first-order chi connectivity index (χ1) is 8.50. The van der Waals surface area contributed by atoms with Crippen LogP contribution >= 0.6 is 0 Å². The summed E-state index contributed by atoms with van der Waals surface area (Å²) in [5, 5.41) is 5.22. The Bertz CT molecular complexity index is 404. The van der Waals surface area contributed by atoms with E-state index in [2.05, 4.69) is 10.6 Å². The maximum absolute atomic E-state index is 12.0. The van der Waals surface area contributed by atoms with E-state index in [4.69, 9.17) is 5.73 Å². The Morgan fingerprint density at radius 3 is 2.33 bits per heavy atom. The maximum Gasteiger partial charge on any atom is 0.313 e. The summed E-state index contributed by atoms with van der Waals surface area (Å²) in [5.74, 6) is 0.0904. The second-order valence-electron chi connectivity index (χ2n) is 4.49. The van der Waals surface area contributed by atoms with Gasteiger partial charge in [0.05, 0.1) is 0 Å². The zero-order chi connectivity index (χ0) is 13.5. The topological polar surface area (TPSA) is 84.2 Å². The third kappa shape index (κ3) is 4.45. The van der Waals surface area contributed by atoms with Gasteiger partial charge in [0.25, 0.3) is 0 Å². The molecule has 0 aliphatic heterocycles. The molecule has 0 spiro atoms. The van der Waals surface area contributed by atoms with E-state index in [0.717, 1.165) is 0 Å². The van der Waals surface area contributed by atoms with Crippen LogP contribution in [0.2, 0.25) is 0 Å². The highest BCUT2D eigenvalue weighted by atomic mass is 16.2. The van der Waals surface area contributed by atoms with E-state index >= 15 is 0 Å². The third-order valence-electron chi connectivity index (χ3n) is 2.37. The summed E-state index contributed by atoms with van der Waals surface area (Å²) >= 11 is 0. The standard InChI is InChI=1S/C13H19N3O2/c1-9(2)8-15-12(17)11(16-13(14)18)10-6-4-3-5-7-10/h3-7,9,11H,8H2,1-2H3,(H,15,17)(H3,14,16,18). The molecule has 0 aliphatic carbocycles. The number of hydrogen-bond donors (Lipinski definition) is 3. The van der Waals surface area contributed by atoms with Crippen molar-refractivity contribution in [2.75, 3.05) is 6.54 Å². The van der Waals surface area contributed by atoms with Crippen LogP contribution in [0.3, 0.4) is 0 Å². The molecule has 5 heteroatoms. The monoisotopic (exact) mass is 249 g/mol. The van der Waals surface area contributed by atoms with Gasteiger partial charge in [0.2, 0.25) is 5.91 Å². The van der Waals surface area contributed by atoms with Crippen molar-refractivity contribution in [1.82, 2.24) is 10.6 Å². The van der Waals surface area contributed by atoms with Crippen molar-refractivity contribution in [3.63, 3.8) is 0 Å². The predicted molar refractivity (Wildman–Crippen MR) is 69.7 cm³/mol. The molecule has 18 heavy (non-hydrogen) atoms. The van der Waals surface area contributed by atoms with Gasteiger partial charge in [-0.3, -0.25) is 4.79 Å². The van der Waals surface area contributed by atoms with Gasteiger partial charge in [0.1, 0.15) is 6.04 Å². The molecule has 0 heterocycles. The highest BCUT2D eigenvalue weighted by Crippen LogP contribution is 2.12. The van der Waals surface area contributed by atoms with E-state index in [1.807, 2.05) is 19.9 Å². The van der Waals surface area contributed by atoms with Gasteiger partial charge in [-0.2, -0.15) is 0 Å². The summed E-state index contributed by atoms with van der Waals surface area (Å²) in [7, 11) is 0. The van der Waals surface area contributed by atoms with Crippen LogP contribution in [0.5, 0.6) is 0 Å². The summed E-state index contributed by atoms with van der Waals surface area (Å²) in [6, 6.07) is 7.54. The molecule has 3 amide bonds. The molecule has 4 N–H and O–H groups in total. The number of carbonyl (C=O) groups is 2. The number of hydrogen-bond acceptors (Lipinski definition) is 2. The smallest absolute Gasteiger partial charge is 0.313 e. The van der Waals surface area contributed by atoms with Crippen LogP contribution in [0.25, 0.3) is 0 Å². The fourth-order valence-electron chi connectivity index (χ4n) is 1.49. The first-order valence-corrected chi connectivity index (χ1v) is 5.89. The zero-order valence-electron chi connectivity index (χ0n) is 10.6. The maximum atomic E-state index is 12.0. The van der Waals surface area contributed by atoms with Gasteiger partial charge in [0.15, 0.2) is 0 Å².